The number of likely N-dealkylation sites (N-methyl/N-ethyl adjacent to an activating group) is 1. The average Bonchev–Trinajstić information content (AvgIpc) is 2.54. The number of rotatable bonds is 2. The Morgan fingerprint density at radius 2 is 2.06 bits per heavy atom. The van der Waals surface area contributed by atoms with Gasteiger partial charge in [0.25, 0.3) is 0 Å². The van der Waals surface area contributed by atoms with Crippen LogP contribution >= 0.6 is 0 Å². The van der Waals surface area contributed by atoms with Gasteiger partial charge in [0.2, 0.25) is 0 Å². The summed E-state index contributed by atoms with van der Waals surface area (Å²) in [6, 6.07) is 3.97. The van der Waals surface area contributed by atoms with E-state index >= 15 is 0 Å². The molecular weight excluding hydrogens is 214 g/mol. The smallest absolute Gasteiger partial charge is 0.0931 e. The first kappa shape index (κ1) is 12.3. The van der Waals surface area contributed by atoms with Crippen LogP contribution in [0.3, 0.4) is 0 Å². The Labute approximate surface area is 103 Å². The summed E-state index contributed by atoms with van der Waals surface area (Å²) < 4.78 is 0. The fourth-order valence-corrected chi connectivity index (χ4v) is 2.14. The first-order valence-electron chi connectivity index (χ1n) is 6.24. The third-order valence-corrected chi connectivity index (χ3v) is 3.28. The molecule has 0 bridgehead atoms. The van der Waals surface area contributed by atoms with E-state index in [0.29, 0.717) is 0 Å². The summed E-state index contributed by atoms with van der Waals surface area (Å²) in [6.45, 7) is 6.13. The van der Waals surface area contributed by atoms with Crippen molar-refractivity contribution in [2.45, 2.75) is 19.4 Å². The summed E-state index contributed by atoms with van der Waals surface area (Å²) in [5, 5.41) is 9.42. The molecule has 2 rings (SSSR count). The van der Waals surface area contributed by atoms with Gasteiger partial charge in [0, 0.05) is 19.6 Å². The molecule has 1 atom stereocenters. The number of aliphatic hydroxyl groups is 1. The van der Waals surface area contributed by atoms with Crippen molar-refractivity contribution >= 4 is 5.69 Å². The normalized spacial score (nSPS) is 20.1. The number of aliphatic hydroxyl groups excluding tert-OH is 1. The molecule has 0 aliphatic carbocycles. The zero-order valence-corrected chi connectivity index (χ0v) is 10.6. The van der Waals surface area contributed by atoms with Crippen molar-refractivity contribution in [3.8, 4) is 0 Å². The molecular formula is C13H21N3O. The molecule has 2 heterocycles. The zero-order chi connectivity index (χ0) is 12.3. The van der Waals surface area contributed by atoms with Gasteiger partial charge < -0.3 is 14.9 Å². The van der Waals surface area contributed by atoms with Gasteiger partial charge in [-0.15, -0.1) is 0 Å². The maximum atomic E-state index is 9.42. The van der Waals surface area contributed by atoms with E-state index in [0.717, 1.165) is 37.6 Å². The molecule has 1 aliphatic heterocycles. The Balaban J connectivity index is 2.06. The number of nitrogens with zero attached hydrogens (tertiary/aromatic N) is 3. The maximum absolute atomic E-state index is 9.42. The molecule has 0 spiro atoms. The van der Waals surface area contributed by atoms with Crippen molar-refractivity contribution in [3.05, 3.63) is 24.0 Å². The molecule has 17 heavy (non-hydrogen) atoms. The van der Waals surface area contributed by atoms with E-state index in [1.165, 1.54) is 6.42 Å². The van der Waals surface area contributed by atoms with Crippen molar-refractivity contribution in [1.82, 2.24) is 9.88 Å². The number of aromatic nitrogens is 1. The minimum Gasteiger partial charge on any atom is -0.387 e. The van der Waals surface area contributed by atoms with Crippen LogP contribution in [0, 0.1) is 0 Å². The van der Waals surface area contributed by atoms with Crippen LogP contribution in [0.2, 0.25) is 0 Å². The quantitative estimate of drug-likeness (QED) is 0.838. The topological polar surface area (TPSA) is 39.6 Å². The second-order valence-corrected chi connectivity index (χ2v) is 4.76. The van der Waals surface area contributed by atoms with Crippen LogP contribution < -0.4 is 4.90 Å². The van der Waals surface area contributed by atoms with E-state index in [9.17, 15) is 5.11 Å². The fraction of sp³-hybridized carbons (Fsp3) is 0.615. The number of anilines is 1. The van der Waals surface area contributed by atoms with Gasteiger partial charge >= 0.3 is 0 Å². The molecule has 0 amide bonds. The second-order valence-electron chi connectivity index (χ2n) is 4.76. The molecule has 1 N–H and O–H groups in total. The van der Waals surface area contributed by atoms with E-state index in [4.69, 9.17) is 0 Å². The largest absolute Gasteiger partial charge is 0.387 e. The summed E-state index contributed by atoms with van der Waals surface area (Å²) in [7, 11) is 2.16. The average molecular weight is 235 g/mol. The highest BCUT2D eigenvalue weighted by Gasteiger charge is 2.13. The summed E-state index contributed by atoms with van der Waals surface area (Å²) in [4.78, 5) is 9.02. The lowest BCUT2D eigenvalue weighted by molar-refractivity contribution is 0.194. The summed E-state index contributed by atoms with van der Waals surface area (Å²) in [6.07, 6.45) is 2.57. The van der Waals surface area contributed by atoms with Gasteiger partial charge in [0.1, 0.15) is 0 Å². The maximum Gasteiger partial charge on any atom is 0.0931 e. The van der Waals surface area contributed by atoms with E-state index in [-0.39, 0.29) is 0 Å². The van der Waals surface area contributed by atoms with Crippen molar-refractivity contribution < 1.29 is 5.11 Å². The van der Waals surface area contributed by atoms with Gasteiger partial charge in [0.15, 0.2) is 0 Å². The van der Waals surface area contributed by atoms with Crippen LogP contribution in [0.5, 0.6) is 0 Å². The lowest BCUT2D eigenvalue weighted by Gasteiger charge is -2.22. The molecule has 0 aromatic carbocycles. The van der Waals surface area contributed by atoms with Gasteiger partial charge in [-0.2, -0.15) is 0 Å². The summed E-state index contributed by atoms with van der Waals surface area (Å²) >= 11 is 0. The van der Waals surface area contributed by atoms with Crippen molar-refractivity contribution in [2.24, 2.45) is 0 Å². The van der Waals surface area contributed by atoms with Gasteiger partial charge in [-0.1, -0.05) is 0 Å². The molecule has 94 valence electrons. The van der Waals surface area contributed by atoms with Crippen LogP contribution in [0.15, 0.2) is 18.3 Å². The molecule has 1 fully saturated rings. The van der Waals surface area contributed by atoms with Crippen molar-refractivity contribution in [1.29, 1.82) is 0 Å². The van der Waals surface area contributed by atoms with Gasteiger partial charge in [-0.3, -0.25) is 4.98 Å². The highest BCUT2D eigenvalue weighted by atomic mass is 16.3. The molecule has 0 saturated carbocycles. The van der Waals surface area contributed by atoms with Gasteiger partial charge in [0.05, 0.1) is 23.7 Å². The molecule has 1 saturated heterocycles. The van der Waals surface area contributed by atoms with E-state index in [2.05, 4.69) is 27.9 Å². The van der Waals surface area contributed by atoms with Crippen LogP contribution in [0.4, 0.5) is 5.69 Å². The van der Waals surface area contributed by atoms with E-state index in [1.807, 2.05) is 12.3 Å². The number of hydrogen-bond acceptors (Lipinski definition) is 4. The van der Waals surface area contributed by atoms with Crippen molar-refractivity contribution in [2.75, 3.05) is 38.1 Å². The van der Waals surface area contributed by atoms with E-state index in [1.54, 1.807) is 6.92 Å². The lowest BCUT2D eigenvalue weighted by atomic mass is 10.2. The lowest BCUT2D eigenvalue weighted by Crippen LogP contribution is -2.28. The Hall–Kier alpha value is -1.13. The SMILES string of the molecule is C[C@H](O)c1ccc(N2CCCN(C)CC2)cn1. The van der Waals surface area contributed by atoms with Crippen LogP contribution in [0.1, 0.15) is 25.1 Å². The Bertz CT molecular complexity index is 350. The van der Waals surface area contributed by atoms with Gasteiger partial charge in [-0.05, 0) is 39.1 Å². The Morgan fingerprint density at radius 3 is 2.71 bits per heavy atom. The first-order chi connectivity index (χ1) is 8.16. The number of hydrogen-bond donors (Lipinski definition) is 1. The second kappa shape index (κ2) is 5.47. The third kappa shape index (κ3) is 3.17. The first-order valence-corrected chi connectivity index (χ1v) is 6.24. The monoisotopic (exact) mass is 235 g/mol. The summed E-state index contributed by atoms with van der Waals surface area (Å²) in [5.41, 5.74) is 1.89. The molecule has 1 aromatic heterocycles. The molecule has 4 heteroatoms. The van der Waals surface area contributed by atoms with Gasteiger partial charge in [-0.25, -0.2) is 0 Å². The third-order valence-electron chi connectivity index (χ3n) is 3.28. The van der Waals surface area contributed by atoms with Crippen LogP contribution in [-0.2, 0) is 0 Å². The number of pyridine rings is 1. The van der Waals surface area contributed by atoms with Crippen molar-refractivity contribution in [3.63, 3.8) is 0 Å². The molecule has 4 nitrogen and oxygen atoms in total. The van der Waals surface area contributed by atoms with Crippen LogP contribution in [0.25, 0.3) is 0 Å². The fourth-order valence-electron chi connectivity index (χ4n) is 2.14. The Morgan fingerprint density at radius 1 is 1.24 bits per heavy atom. The molecule has 0 radical (unpaired) electrons. The standard InChI is InChI=1S/C13H21N3O/c1-11(17)13-5-4-12(10-14-13)16-7-3-6-15(2)8-9-16/h4-5,10-11,17H,3,6-9H2,1-2H3/t11-/m0/s1. The highest BCUT2D eigenvalue weighted by molar-refractivity contribution is 5.44. The minimum atomic E-state index is -0.487. The molecule has 1 aliphatic rings. The highest BCUT2D eigenvalue weighted by Crippen LogP contribution is 2.17. The van der Waals surface area contributed by atoms with Crippen LogP contribution in [-0.4, -0.2) is 48.2 Å². The molecule has 0 unspecified atom stereocenters. The Kier molecular flexibility index (Phi) is 3.97. The predicted molar refractivity (Wildman–Crippen MR) is 69.2 cm³/mol. The predicted octanol–water partition coefficient (Wildman–Crippen LogP) is 1.28. The summed E-state index contributed by atoms with van der Waals surface area (Å²) in [5.74, 6) is 0. The molecule has 1 aromatic rings. The minimum absolute atomic E-state index is 0.487. The van der Waals surface area contributed by atoms with E-state index < -0.39 is 6.10 Å². The zero-order valence-electron chi connectivity index (χ0n) is 10.6.